The molecule has 0 bridgehead atoms. The smallest absolute Gasteiger partial charge is 0.191 e. The Labute approximate surface area is 167 Å². The number of rotatable bonds is 6. The van der Waals surface area contributed by atoms with Crippen molar-refractivity contribution in [2.45, 2.75) is 13.8 Å². The van der Waals surface area contributed by atoms with Gasteiger partial charge in [-0.2, -0.15) is 0 Å². The number of anilines is 1. The second-order valence-electron chi connectivity index (χ2n) is 6.16. The Balaban J connectivity index is 0.00000288. The number of nitrogens with two attached hydrogens (primary N) is 1. The van der Waals surface area contributed by atoms with Gasteiger partial charge in [-0.15, -0.1) is 24.0 Å². The minimum Gasteiger partial charge on any atom is -0.379 e. The molecule has 0 amide bonds. The van der Waals surface area contributed by atoms with Crippen LogP contribution in [0.2, 0.25) is 5.02 Å². The third-order valence-corrected chi connectivity index (χ3v) is 4.01. The number of hydrogen-bond acceptors (Lipinski definition) is 3. The zero-order chi connectivity index (χ0) is 16.7. The molecule has 0 radical (unpaired) electrons. The van der Waals surface area contributed by atoms with E-state index in [0.29, 0.717) is 25.0 Å². The van der Waals surface area contributed by atoms with Crippen molar-refractivity contribution in [3.8, 4) is 0 Å². The summed E-state index contributed by atoms with van der Waals surface area (Å²) < 4.78 is 5.52. The fourth-order valence-corrected chi connectivity index (χ4v) is 2.62. The Hall–Kier alpha value is -0.730. The molecule has 0 unspecified atom stereocenters. The van der Waals surface area contributed by atoms with E-state index in [9.17, 15) is 0 Å². The Morgan fingerprint density at radius 3 is 2.42 bits per heavy atom. The van der Waals surface area contributed by atoms with E-state index in [0.717, 1.165) is 37.8 Å². The van der Waals surface area contributed by atoms with Gasteiger partial charge in [0.25, 0.3) is 0 Å². The van der Waals surface area contributed by atoms with Crippen LogP contribution in [0.1, 0.15) is 13.8 Å². The fourth-order valence-electron chi connectivity index (χ4n) is 2.49. The summed E-state index contributed by atoms with van der Waals surface area (Å²) in [7, 11) is 0. The molecule has 1 heterocycles. The molecule has 0 aliphatic carbocycles. The van der Waals surface area contributed by atoms with Crippen molar-refractivity contribution in [1.82, 2.24) is 4.90 Å². The van der Waals surface area contributed by atoms with Crippen LogP contribution in [0.3, 0.4) is 0 Å². The molecule has 7 heteroatoms. The van der Waals surface area contributed by atoms with Gasteiger partial charge in [0.15, 0.2) is 5.96 Å². The van der Waals surface area contributed by atoms with Crippen LogP contribution in [0.15, 0.2) is 29.3 Å². The van der Waals surface area contributed by atoms with Crippen LogP contribution >= 0.6 is 35.6 Å². The van der Waals surface area contributed by atoms with Gasteiger partial charge in [-0.1, -0.05) is 25.4 Å². The third kappa shape index (κ3) is 7.03. The maximum absolute atomic E-state index is 6.08. The van der Waals surface area contributed by atoms with Gasteiger partial charge in [0.05, 0.1) is 13.2 Å². The molecule has 136 valence electrons. The van der Waals surface area contributed by atoms with Gasteiger partial charge < -0.3 is 20.3 Å². The predicted octanol–water partition coefficient (Wildman–Crippen LogP) is 3.07. The summed E-state index contributed by atoms with van der Waals surface area (Å²) in [6.45, 7) is 9.92. The second kappa shape index (κ2) is 11.0. The Morgan fingerprint density at radius 2 is 1.83 bits per heavy atom. The molecule has 2 rings (SSSR count). The molecule has 1 saturated heterocycles. The number of aliphatic imine (C=N–C) groups is 1. The lowest BCUT2D eigenvalue weighted by Gasteiger charge is -2.36. The summed E-state index contributed by atoms with van der Waals surface area (Å²) in [5, 5.41) is 0.767. The van der Waals surface area contributed by atoms with Crippen LogP contribution in [-0.4, -0.2) is 56.8 Å². The van der Waals surface area contributed by atoms with Crippen LogP contribution < -0.4 is 10.6 Å². The lowest BCUT2D eigenvalue weighted by atomic mass is 10.2. The molecule has 0 aromatic heterocycles. The first kappa shape index (κ1) is 21.3. The molecule has 0 spiro atoms. The average molecular weight is 467 g/mol. The van der Waals surface area contributed by atoms with Gasteiger partial charge >= 0.3 is 0 Å². The molecule has 0 atom stereocenters. The molecule has 1 fully saturated rings. The van der Waals surface area contributed by atoms with Crippen molar-refractivity contribution < 1.29 is 4.74 Å². The Morgan fingerprint density at radius 1 is 1.21 bits per heavy atom. The van der Waals surface area contributed by atoms with E-state index in [1.807, 2.05) is 12.1 Å². The van der Waals surface area contributed by atoms with Crippen molar-refractivity contribution in [1.29, 1.82) is 0 Å². The zero-order valence-corrected chi connectivity index (χ0v) is 17.5. The molecule has 1 aromatic rings. The van der Waals surface area contributed by atoms with E-state index in [4.69, 9.17) is 22.1 Å². The molecule has 2 N–H and O–H groups in total. The van der Waals surface area contributed by atoms with Gasteiger partial charge in [0, 0.05) is 43.5 Å². The zero-order valence-electron chi connectivity index (χ0n) is 14.4. The van der Waals surface area contributed by atoms with E-state index < -0.39 is 0 Å². The lowest BCUT2D eigenvalue weighted by Crippen LogP contribution is -2.51. The summed E-state index contributed by atoms with van der Waals surface area (Å²) in [5.41, 5.74) is 7.28. The molecule has 1 aliphatic rings. The normalized spacial score (nSPS) is 15.6. The van der Waals surface area contributed by atoms with E-state index in [1.165, 1.54) is 5.69 Å². The standard InChI is InChI=1S/C17H27ClN4O.HI/c1-14(2)13-23-12-7-20-17(19)22-10-8-21(9-11-22)16-5-3-15(18)4-6-16;/h3-6,14H,7-13H2,1-2H3,(H2,19,20);1H. The highest BCUT2D eigenvalue weighted by Crippen LogP contribution is 2.19. The number of halogens is 2. The molecule has 1 aliphatic heterocycles. The highest BCUT2D eigenvalue weighted by atomic mass is 127. The predicted molar refractivity (Wildman–Crippen MR) is 113 cm³/mol. The van der Waals surface area contributed by atoms with Gasteiger partial charge in [0.2, 0.25) is 0 Å². The van der Waals surface area contributed by atoms with Gasteiger partial charge in [-0.05, 0) is 30.2 Å². The lowest BCUT2D eigenvalue weighted by molar-refractivity contribution is 0.116. The number of ether oxygens (including phenoxy) is 1. The van der Waals surface area contributed by atoms with Crippen molar-refractivity contribution in [2.24, 2.45) is 16.6 Å². The number of benzene rings is 1. The first-order valence-electron chi connectivity index (χ1n) is 8.19. The van der Waals surface area contributed by atoms with E-state index in [1.54, 1.807) is 0 Å². The van der Waals surface area contributed by atoms with Crippen molar-refractivity contribution >= 4 is 47.2 Å². The third-order valence-electron chi connectivity index (χ3n) is 3.76. The van der Waals surface area contributed by atoms with Crippen LogP contribution in [0, 0.1) is 5.92 Å². The molecule has 24 heavy (non-hydrogen) atoms. The summed E-state index contributed by atoms with van der Waals surface area (Å²) >= 11 is 5.93. The molecule has 5 nitrogen and oxygen atoms in total. The number of hydrogen-bond donors (Lipinski definition) is 1. The molecular formula is C17H28ClIN4O. The topological polar surface area (TPSA) is 54.1 Å². The van der Waals surface area contributed by atoms with Crippen molar-refractivity contribution in [3.63, 3.8) is 0 Å². The number of nitrogens with zero attached hydrogens (tertiary/aromatic N) is 3. The minimum atomic E-state index is 0. The Kier molecular flexibility index (Phi) is 9.76. The van der Waals surface area contributed by atoms with Crippen LogP contribution in [0.5, 0.6) is 0 Å². The van der Waals surface area contributed by atoms with Crippen LogP contribution in [-0.2, 0) is 4.74 Å². The summed E-state index contributed by atoms with van der Waals surface area (Å²) in [6, 6.07) is 7.97. The average Bonchev–Trinajstić information content (AvgIpc) is 2.55. The first-order chi connectivity index (χ1) is 11.1. The SMILES string of the molecule is CC(C)COCCN=C(N)N1CCN(c2ccc(Cl)cc2)CC1.I. The second-order valence-corrected chi connectivity index (χ2v) is 6.60. The summed E-state index contributed by atoms with van der Waals surface area (Å²) in [5.74, 6) is 1.17. The van der Waals surface area contributed by atoms with Gasteiger partial charge in [-0.3, -0.25) is 4.99 Å². The largest absolute Gasteiger partial charge is 0.379 e. The Bertz CT molecular complexity index is 502. The van der Waals surface area contributed by atoms with Gasteiger partial charge in [0.1, 0.15) is 0 Å². The van der Waals surface area contributed by atoms with E-state index in [2.05, 4.69) is 40.8 Å². The van der Waals surface area contributed by atoms with Crippen molar-refractivity contribution in [2.75, 3.05) is 50.8 Å². The van der Waals surface area contributed by atoms with E-state index >= 15 is 0 Å². The fraction of sp³-hybridized carbons (Fsp3) is 0.588. The minimum absolute atomic E-state index is 0. The van der Waals surface area contributed by atoms with Crippen LogP contribution in [0.4, 0.5) is 5.69 Å². The first-order valence-corrected chi connectivity index (χ1v) is 8.57. The molecule has 1 aromatic carbocycles. The number of guanidine groups is 1. The summed E-state index contributed by atoms with van der Waals surface area (Å²) in [4.78, 5) is 8.89. The van der Waals surface area contributed by atoms with E-state index in [-0.39, 0.29) is 24.0 Å². The maximum atomic E-state index is 6.08. The van der Waals surface area contributed by atoms with Crippen molar-refractivity contribution in [3.05, 3.63) is 29.3 Å². The van der Waals surface area contributed by atoms with Crippen LogP contribution in [0.25, 0.3) is 0 Å². The monoisotopic (exact) mass is 466 g/mol. The summed E-state index contributed by atoms with van der Waals surface area (Å²) in [6.07, 6.45) is 0. The highest BCUT2D eigenvalue weighted by Gasteiger charge is 2.18. The molecule has 0 saturated carbocycles. The van der Waals surface area contributed by atoms with Gasteiger partial charge in [-0.25, -0.2) is 0 Å². The maximum Gasteiger partial charge on any atom is 0.191 e. The quantitative estimate of drug-likeness (QED) is 0.303. The molecular weight excluding hydrogens is 439 g/mol. The highest BCUT2D eigenvalue weighted by molar-refractivity contribution is 14.0. The number of piperazine rings is 1.